The first-order valence-corrected chi connectivity index (χ1v) is 20.0. The molecule has 0 saturated heterocycles. The van der Waals surface area contributed by atoms with Crippen molar-refractivity contribution in [3.63, 3.8) is 0 Å². The second-order valence-corrected chi connectivity index (χ2v) is 15.1. The van der Waals surface area contributed by atoms with Gasteiger partial charge in [-0.2, -0.15) is 5.26 Å². The SMILES string of the molecule is N#Cc1c(-n2c3ccccc3c3ccccc32)c(-c2ccccc2)c(-c2ccccc2)c(-n2c3ccccc3c3ccccc32)c1-n1c2ccccc2c2ccccc21. The van der Waals surface area contributed by atoms with Crippen molar-refractivity contribution in [2.24, 2.45) is 0 Å². The first kappa shape index (κ1) is 33.1. The van der Waals surface area contributed by atoms with E-state index >= 15 is 0 Å². The van der Waals surface area contributed by atoms with E-state index < -0.39 is 0 Å². The Bertz CT molecular complexity index is 3510. The molecular formula is C55H34N4. The maximum absolute atomic E-state index is 12.2. The summed E-state index contributed by atoms with van der Waals surface area (Å²) in [7, 11) is 0. The Morgan fingerprint density at radius 2 is 0.525 bits per heavy atom. The van der Waals surface area contributed by atoms with Crippen LogP contribution in [0, 0.1) is 11.3 Å². The second-order valence-electron chi connectivity index (χ2n) is 15.1. The second kappa shape index (κ2) is 13.0. The van der Waals surface area contributed by atoms with Gasteiger partial charge in [-0.25, -0.2) is 0 Å². The predicted molar refractivity (Wildman–Crippen MR) is 245 cm³/mol. The van der Waals surface area contributed by atoms with E-state index in [-0.39, 0.29) is 0 Å². The van der Waals surface area contributed by atoms with Crippen molar-refractivity contribution in [3.8, 4) is 45.4 Å². The highest BCUT2D eigenvalue weighted by Gasteiger charge is 2.33. The Morgan fingerprint density at radius 3 is 0.847 bits per heavy atom. The molecule has 0 atom stereocenters. The van der Waals surface area contributed by atoms with Crippen LogP contribution < -0.4 is 0 Å². The van der Waals surface area contributed by atoms with Crippen LogP contribution in [0.1, 0.15) is 5.56 Å². The molecule has 0 aliphatic carbocycles. The Labute approximate surface area is 340 Å². The molecule has 0 fully saturated rings. The van der Waals surface area contributed by atoms with Crippen LogP contribution in [0.4, 0.5) is 0 Å². The highest BCUT2D eigenvalue weighted by atomic mass is 15.1. The summed E-state index contributed by atoms with van der Waals surface area (Å²) < 4.78 is 7.14. The number of aromatic nitrogens is 3. The van der Waals surface area contributed by atoms with E-state index in [0.717, 1.165) is 105 Å². The van der Waals surface area contributed by atoms with Crippen LogP contribution in [0.25, 0.3) is 105 Å². The molecule has 3 aromatic heterocycles. The smallest absolute Gasteiger partial charge is 0.104 e. The third-order valence-corrected chi connectivity index (χ3v) is 12.1. The van der Waals surface area contributed by atoms with E-state index in [0.29, 0.717) is 5.56 Å². The summed E-state index contributed by atoms with van der Waals surface area (Å²) >= 11 is 0. The van der Waals surface area contributed by atoms with E-state index in [2.05, 4.69) is 226 Å². The number of hydrogen-bond donors (Lipinski definition) is 0. The zero-order chi connectivity index (χ0) is 39.0. The zero-order valence-electron chi connectivity index (χ0n) is 31.9. The summed E-state index contributed by atoms with van der Waals surface area (Å²) in [4.78, 5) is 0. The van der Waals surface area contributed by atoms with Gasteiger partial charge in [-0.1, -0.05) is 170 Å². The standard InChI is InChI=1S/C55H34N4/c56-35-44-53(57-45-29-13-7-23-38(45)39-24-8-14-30-46(39)57)51(36-19-3-1-4-20-36)52(37-21-5-2-6-22-37)55(59-49-33-17-11-27-42(49)43-28-12-18-34-50(43)59)54(44)58-47-31-15-9-25-40(47)41-26-10-16-32-48(41)58/h1-34H. The van der Waals surface area contributed by atoms with Crippen molar-refractivity contribution >= 4 is 65.4 Å². The van der Waals surface area contributed by atoms with Gasteiger partial charge in [0, 0.05) is 43.4 Å². The summed E-state index contributed by atoms with van der Waals surface area (Å²) in [6.07, 6.45) is 0. The Kier molecular flexibility index (Phi) is 7.26. The highest BCUT2D eigenvalue weighted by molar-refractivity contribution is 6.16. The molecule has 274 valence electrons. The largest absolute Gasteiger partial charge is 0.307 e. The quantitative estimate of drug-likeness (QED) is 0.173. The van der Waals surface area contributed by atoms with E-state index in [1.807, 2.05) is 0 Å². The molecule has 0 spiro atoms. The van der Waals surface area contributed by atoms with E-state index in [4.69, 9.17) is 0 Å². The van der Waals surface area contributed by atoms with Crippen LogP contribution in [-0.2, 0) is 0 Å². The maximum Gasteiger partial charge on any atom is 0.104 e. The van der Waals surface area contributed by atoms with Gasteiger partial charge < -0.3 is 13.7 Å². The van der Waals surface area contributed by atoms with Gasteiger partial charge in [-0.05, 0) is 47.5 Å². The van der Waals surface area contributed by atoms with Crippen LogP contribution in [0.5, 0.6) is 0 Å². The molecule has 0 aliphatic heterocycles. The van der Waals surface area contributed by atoms with Gasteiger partial charge in [0.15, 0.2) is 0 Å². The Balaban J connectivity index is 1.45. The molecule has 12 rings (SSSR count). The highest BCUT2D eigenvalue weighted by Crippen LogP contribution is 2.51. The number of nitriles is 1. The van der Waals surface area contributed by atoms with Crippen LogP contribution in [0.15, 0.2) is 206 Å². The normalized spacial score (nSPS) is 11.7. The molecule has 9 aromatic carbocycles. The van der Waals surface area contributed by atoms with Crippen molar-refractivity contribution in [3.05, 3.63) is 212 Å². The third kappa shape index (κ3) is 4.70. The minimum Gasteiger partial charge on any atom is -0.307 e. The Morgan fingerprint density at radius 1 is 0.271 bits per heavy atom. The number of hydrogen-bond acceptors (Lipinski definition) is 1. The summed E-state index contributed by atoms with van der Waals surface area (Å²) in [6.45, 7) is 0. The summed E-state index contributed by atoms with van der Waals surface area (Å²) in [5, 5.41) is 19.0. The molecule has 0 aliphatic rings. The fourth-order valence-electron chi connectivity index (χ4n) is 9.74. The fraction of sp³-hybridized carbons (Fsp3) is 0. The molecule has 4 nitrogen and oxygen atoms in total. The lowest BCUT2D eigenvalue weighted by molar-refractivity contribution is 1.07. The van der Waals surface area contributed by atoms with Crippen LogP contribution in [0.3, 0.4) is 0 Å². The third-order valence-electron chi connectivity index (χ3n) is 12.1. The molecule has 59 heavy (non-hydrogen) atoms. The molecule has 0 amide bonds. The molecular weight excluding hydrogens is 717 g/mol. The lowest BCUT2D eigenvalue weighted by atomic mass is 9.87. The number of fused-ring (bicyclic) bond motifs is 9. The molecule has 0 saturated carbocycles. The summed E-state index contributed by atoms with van der Waals surface area (Å²) in [5.74, 6) is 0. The van der Waals surface area contributed by atoms with Gasteiger partial charge >= 0.3 is 0 Å². The molecule has 3 heterocycles. The lowest BCUT2D eigenvalue weighted by Crippen LogP contribution is -2.14. The van der Waals surface area contributed by atoms with Crippen LogP contribution in [0.2, 0.25) is 0 Å². The van der Waals surface area contributed by atoms with Crippen LogP contribution in [-0.4, -0.2) is 13.7 Å². The van der Waals surface area contributed by atoms with Gasteiger partial charge in [0.1, 0.15) is 11.6 Å². The van der Waals surface area contributed by atoms with E-state index in [9.17, 15) is 5.26 Å². The molecule has 4 heteroatoms. The van der Waals surface area contributed by atoms with E-state index in [1.165, 1.54) is 0 Å². The summed E-state index contributed by atoms with van der Waals surface area (Å²) in [5.41, 5.74) is 13.6. The Hall–Kier alpha value is -8.13. The monoisotopic (exact) mass is 750 g/mol. The van der Waals surface area contributed by atoms with Gasteiger partial charge in [0.2, 0.25) is 0 Å². The van der Waals surface area contributed by atoms with Crippen molar-refractivity contribution in [1.82, 2.24) is 13.7 Å². The minimum absolute atomic E-state index is 0.582. The molecule has 0 unspecified atom stereocenters. The minimum atomic E-state index is 0.582. The topological polar surface area (TPSA) is 38.6 Å². The zero-order valence-corrected chi connectivity index (χ0v) is 31.9. The molecule has 0 N–H and O–H groups in total. The average molecular weight is 751 g/mol. The van der Waals surface area contributed by atoms with Gasteiger partial charge in [0.05, 0.1) is 50.2 Å². The van der Waals surface area contributed by atoms with E-state index in [1.54, 1.807) is 0 Å². The number of para-hydroxylation sites is 6. The van der Waals surface area contributed by atoms with Gasteiger partial charge in [0.25, 0.3) is 0 Å². The number of rotatable bonds is 5. The van der Waals surface area contributed by atoms with Gasteiger partial charge in [-0.3, -0.25) is 0 Å². The first-order chi connectivity index (χ1) is 29.3. The maximum atomic E-state index is 12.2. The predicted octanol–water partition coefficient (Wildman–Crippen LogP) is 14.2. The van der Waals surface area contributed by atoms with Crippen molar-refractivity contribution in [2.75, 3.05) is 0 Å². The molecule has 12 aromatic rings. The lowest BCUT2D eigenvalue weighted by Gasteiger charge is -2.28. The molecule has 0 bridgehead atoms. The van der Waals surface area contributed by atoms with Crippen molar-refractivity contribution in [1.29, 1.82) is 5.26 Å². The van der Waals surface area contributed by atoms with Crippen molar-refractivity contribution < 1.29 is 0 Å². The number of nitrogens with zero attached hydrogens (tertiary/aromatic N) is 4. The number of benzene rings is 9. The molecule has 0 radical (unpaired) electrons. The first-order valence-electron chi connectivity index (χ1n) is 20.0. The van der Waals surface area contributed by atoms with Crippen LogP contribution >= 0.6 is 0 Å². The van der Waals surface area contributed by atoms with Gasteiger partial charge in [-0.15, -0.1) is 0 Å². The average Bonchev–Trinajstić information content (AvgIpc) is 3.94. The van der Waals surface area contributed by atoms with Crippen molar-refractivity contribution in [2.45, 2.75) is 0 Å². The fourth-order valence-corrected chi connectivity index (χ4v) is 9.74. The summed E-state index contributed by atoms with van der Waals surface area (Å²) in [6, 6.07) is 76.1.